The predicted molar refractivity (Wildman–Crippen MR) is 38.6 cm³/mol. The van der Waals surface area contributed by atoms with Crippen LogP contribution in [0.25, 0.3) is 0 Å². The van der Waals surface area contributed by atoms with E-state index in [1.165, 1.54) is 0 Å². The second kappa shape index (κ2) is 12.2. The first-order valence-electron chi connectivity index (χ1n) is 3.33. The van der Waals surface area contributed by atoms with E-state index in [0.29, 0.717) is 0 Å². The molecule has 0 aromatic heterocycles. The number of hydrogen-bond acceptors (Lipinski definition) is 6. The van der Waals surface area contributed by atoms with Gasteiger partial charge >= 0.3 is 21.7 Å². The van der Waals surface area contributed by atoms with Crippen molar-refractivity contribution < 1.29 is 63.0 Å². The zero-order chi connectivity index (χ0) is 9.72. The van der Waals surface area contributed by atoms with Gasteiger partial charge < -0.3 is 41.3 Å². The molecule has 0 heterocycles. The van der Waals surface area contributed by atoms with E-state index in [2.05, 4.69) is 0 Å². The SMILES string of the molecule is O=C[C@H](O)[C@@H](O)[C@H](O)[C@H](O)CO.[O-2].[O-2].[Ti+4]. The predicted octanol–water partition coefficient (Wildman–Crippen LogP) is -3.62. The minimum Gasteiger partial charge on any atom is -2.00 e. The molecular weight excluding hydrogens is 248 g/mol. The maximum atomic E-state index is 9.90. The summed E-state index contributed by atoms with van der Waals surface area (Å²) in [7, 11) is 0. The van der Waals surface area contributed by atoms with Crippen LogP contribution in [0.3, 0.4) is 0 Å². The molecule has 9 heteroatoms. The van der Waals surface area contributed by atoms with E-state index < -0.39 is 31.0 Å². The maximum absolute atomic E-state index is 9.90. The molecule has 0 spiro atoms. The average molecular weight is 260 g/mol. The van der Waals surface area contributed by atoms with Gasteiger partial charge in [0, 0.05) is 0 Å². The van der Waals surface area contributed by atoms with Crippen molar-refractivity contribution in [1.82, 2.24) is 0 Å². The Morgan fingerprint density at radius 2 is 1.40 bits per heavy atom. The molecule has 0 fully saturated rings. The van der Waals surface area contributed by atoms with Crippen LogP contribution in [0.1, 0.15) is 0 Å². The minimum atomic E-state index is -1.79. The Balaban J connectivity index is -0.000000202. The number of aliphatic hydroxyl groups is 5. The summed E-state index contributed by atoms with van der Waals surface area (Å²) in [4.78, 5) is 9.90. The third-order valence-corrected chi connectivity index (χ3v) is 1.42. The number of carbonyl (C=O) groups is 1. The van der Waals surface area contributed by atoms with E-state index in [0.717, 1.165) is 0 Å². The van der Waals surface area contributed by atoms with Gasteiger partial charge in [0.2, 0.25) is 0 Å². The van der Waals surface area contributed by atoms with Crippen LogP contribution in [0, 0.1) is 0 Å². The van der Waals surface area contributed by atoms with Crippen LogP contribution in [0.15, 0.2) is 0 Å². The smallest absolute Gasteiger partial charge is 2.00 e. The molecule has 0 aliphatic heterocycles. The van der Waals surface area contributed by atoms with Gasteiger partial charge in [-0.15, -0.1) is 0 Å². The Morgan fingerprint density at radius 1 is 1.00 bits per heavy atom. The summed E-state index contributed by atoms with van der Waals surface area (Å²) >= 11 is 0. The summed E-state index contributed by atoms with van der Waals surface area (Å²) in [6.45, 7) is -0.760. The molecular formula is C6H12O8Ti. The van der Waals surface area contributed by atoms with Crippen molar-refractivity contribution in [2.75, 3.05) is 6.61 Å². The maximum Gasteiger partial charge on any atom is 4.00 e. The third kappa shape index (κ3) is 7.97. The molecule has 0 unspecified atom stereocenters. The largest absolute Gasteiger partial charge is 4.00 e. The van der Waals surface area contributed by atoms with Crippen molar-refractivity contribution >= 4 is 6.29 Å². The van der Waals surface area contributed by atoms with E-state index in [1.54, 1.807) is 0 Å². The van der Waals surface area contributed by atoms with Crippen molar-refractivity contribution in [3.63, 3.8) is 0 Å². The normalized spacial score (nSPS) is 16.9. The first-order valence-corrected chi connectivity index (χ1v) is 3.33. The third-order valence-electron chi connectivity index (χ3n) is 1.42. The van der Waals surface area contributed by atoms with Crippen molar-refractivity contribution in [2.45, 2.75) is 24.4 Å². The molecule has 0 aliphatic rings. The van der Waals surface area contributed by atoms with Gasteiger partial charge in [0.15, 0.2) is 6.29 Å². The molecule has 5 N–H and O–H groups in total. The van der Waals surface area contributed by atoms with E-state index in [-0.39, 0.29) is 39.0 Å². The van der Waals surface area contributed by atoms with Crippen LogP contribution in [0.5, 0.6) is 0 Å². The number of hydrogen-bond donors (Lipinski definition) is 5. The van der Waals surface area contributed by atoms with E-state index in [4.69, 9.17) is 25.5 Å². The fourth-order valence-corrected chi connectivity index (χ4v) is 0.618. The molecule has 88 valence electrons. The molecule has 4 atom stereocenters. The molecule has 0 radical (unpaired) electrons. The number of aliphatic hydroxyl groups excluding tert-OH is 5. The van der Waals surface area contributed by atoms with Crippen LogP contribution < -0.4 is 0 Å². The van der Waals surface area contributed by atoms with E-state index in [9.17, 15) is 4.79 Å². The molecule has 0 saturated carbocycles. The zero-order valence-corrected chi connectivity index (χ0v) is 9.12. The Hall–Kier alpha value is 0.104. The van der Waals surface area contributed by atoms with Crippen LogP contribution in [0.4, 0.5) is 0 Å². The van der Waals surface area contributed by atoms with Crippen molar-refractivity contribution in [3.8, 4) is 0 Å². The Bertz CT molecular complexity index is 145. The zero-order valence-electron chi connectivity index (χ0n) is 7.55. The van der Waals surface area contributed by atoms with Crippen molar-refractivity contribution in [3.05, 3.63) is 0 Å². The van der Waals surface area contributed by atoms with Crippen LogP contribution >= 0.6 is 0 Å². The summed E-state index contributed by atoms with van der Waals surface area (Å²) in [5, 5.41) is 43.5. The van der Waals surface area contributed by atoms with Gasteiger partial charge in [-0.2, -0.15) is 0 Å². The second-order valence-electron chi connectivity index (χ2n) is 2.36. The molecule has 0 amide bonds. The molecule has 8 nitrogen and oxygen atoms in total. The first-order chi connectivity index (χ1) is 5.54. The summed E-state index contributed by atoms with van der Waals surface area (Å²) < 4.78 is 0. The van der Waals surface area contributed by atoms with Gasteiger partial charge in [0.1, 0.15) is 24.4 Å². The summed E-state index contributed by atoms with van der Waals surface area (Å²) in [6.07, 6.45) is -6.84. The van der Waals surface area contributed by atoms with Crippen LogP contribution in [-0.2, 0) is 37.5 Å². The van der Waals surface area contributed by atoms with Gasteiger partial charge in [-0.05, 0) is 0 Å². The first kappa shape index (κ1) is 24.4. The molecule has 0 aromatic rings. The number of carbonyl (C=O) groups excluding carboxylic acids is 1. The van der Waals surface area contributed by atoms with Crippen LogP contribution in [-0.4, -0.2) is 62.8 Å². The topological polar surface area (TPSA) is 175 Å². The quantitative estimate of drug-likeness (QED) is 0.251. The Labute approximate surface area is 101 Å². The second-order valence-corrected chi connectivity index (χ2v) is 2.36. The molecule has 0 aromatic carbocycles. The summed E-state index contributed by atoms with van der Waals surface area (Å²) in [5.74, 6) is 0. The summed E-state index contributed by atoms with van der Waals surface area (Å²) in [5.41, 5.74) is 0. The van der Waals surface area contributed by atoms with Crippen LogP contribution in [0.2, 0.25) is 0 Å². The number of aldehydes is 1. The van der Waals surface area contributed by atoms with Gasteiger partial charge in [-0.3, -0.25) is 0 Å². The molecule has 0 bridgehead atoms. The fraction of sp³-hybridized carbons (Fsp3) is 0.833. The van der Waals surface area contributed by atoms with Crippen molar-refractivity contribution in [2.24, 2.45) is 0 Å². The fourth-order valence-electron chi connectivity index (χ4n) is 0.618. The van der Waals surface area contributed by atoms with Gasteiger partial charge in [0.25, 0.3) is 0 Å². The summed E-state index contributed by atoms with van der Waals surface area (Å²) in [6, 6.07) is 0. The van der Waals surface area contributed by atoms with Gasteiger partial charge in [0.05, 0.1) is 6.61 Å². The average Bonchev–Trinajstić information content (AvgIpc) is 2.12. The van der Waals surface area contributed by atoms with Gasteiger partial charge in [-0.25, -0.2) is 0 Å². The van der Waals surface area contributed by atoms with E-state index >= 15 is 0 Å². The molecule has 0 aliphatic carbocycles. The molecule has 0 rings (SSSR count). The Morgan fingerprint density at radius 3 is 1.67 bits per heavy atom. The van der Waals surface area contributed by atoms with Crippen molar-refractivity contribution in [1.29, 1.82) is 0 Å². The van der Waals surface area contributed by atoms with Gasteiger partial charge in [-0.1, -0.05) is 0 Å². The number of rotatable bonds is 5. The monoisotopic (exact) mass is 260 g/mol. The van der Waals surface area contributed by atoms with E-state index in [1.807, 2.05) is 0 Å². The minimum absolute atomic E-state index is 0. The molecule has 0 saturated heterocycles. The Kier molecular flexibility index (Phi) is 19.8. The molecule has 15 heavy (non-hydrogen) atoms. The standard InChI is InChI=1S/C6H12O6.2O.Ti/c7-1-3(9)5(11)6(12)4(10)2-8;;;/h1,3-6,8-12H,2H2;;;/q;2*-2;+4/t3-,4+,5+,6+;;;/m0.../s1.